The van der Waals surface area contributed by atoms with Gasteiger partial charge in [-0.05, 0) is 32.4 Å². The summed E-state index contributed by atoms with van der Waals surface area (Å²) in [5, 5.41) is 0. The zero-order valence-electron chi connectivity index (χ0n) is 11.2. The molecule has 94 valence electrons. The Morgan fingerprint density at radius 3 is 2.24 bits per heavy atom. The number of rotatable bonds is 7. The average Bonchev–Trinajstić information content (AvgIpc) is 2.28. The maximum Gasteiger partial charge on any atom is 0.149 e. The summed E-state index contributed by atoms with van der Waals surface area (Å²) >= 11 is 0. The van der Waals surface area contributed by atoms with Crippen LogP contribution in [0.4, 0.5) is 0 Å². The van der Waals surface area contributed by atoms with E-state index in [-0.39, 0.29) is 6.10 Å². The van der Waals surface area contributed by atoms with E-state index in [9.17, 15) is 4.79 Å². The van der Waals surface area contributed by atoms with Gasteiger partial charge in [-0.25, -0.2) is 0 Å². The lowest BCUT2D eigenvalue weighted by Gasteiger charge is -2.16. The fourth-order valence-corrected chi connectivity index (χ4v) is 1.59. The fourth-order valence-electron chi connectivity index (χ4n) is 1.59. The number of allylic oxidation sites excluding steroid dienone is 4. The van der Waals surface area contributed by atoms with Crippen molar-refractivity contribution in [1.82, 2.24) is 0 Å². The number of hydrogen-bond acceptors (Lipinski definition) is 2. The summed E-state index contributed by atoms with van der Waals surface area (Å²) in [4.78, 5) is 10.7. The molecule has 0 amide bonds. The van der Waals surface area contributed by atoms with Gasteiger partial charge in [-0.2, -0.15) is 0 Å². The van der Waals surface area contributed by atoms with Crippen LogP contribution in [0.2, 0.25) is 0 Å². The van der Waals surface area contributed by atoms with Crippen molar-refractivity contribution in [3.05, 3.63) is 47.6 Å². The smallest absolute Gasteiger partial charge is 0.149 e. The van der Waals surface area contributed by atoms with E-state index in [2.05, 4.69) is 27.0 Å². The predicted octanol–water partition coefficient (Wildman–Crippen LogP) is 3.62. The highest BCUT2D eigenvalue weighted by atomic mass is 16.5. The second-order valence-electron chi connectivity index (χ2n) is 4.23. The third-order valence-electron chi connectivity index (χ3n) is 2.58. The third kappa shape index (κ3) is 5.45. The van der Waals surface area contributed by atoms with Gasteiger partial charge in [-0.1, -0.05) is 30.4 Å². The van der Waals surface area contributed by atoms with Crippen LogP contribution in [0.25, 0.3) is 0 Å². The van der Waals surface area contributed by atoms with Crippen molar-refractivity contribution < 1.29 is 9.53 Å². The van der Waals surface area contributed by atoms with Crippen LogP contribution in [0.1, 0.15) is 27.2 Å². The first-order valence-corrected chi connectivity index (χ1v) is 5.60. The number of methoxy groups -OCH3 is 1. The monoisotopic (exact) mass is 234 g/mol. The van der Waals surface area contributed by atoms with E-state index in [0.29, 0.717) is 5.57 Å². The highest BCUT2D eigenvalue weighted by Gasteiger charge is 2.10. The summed E-state index contributed by atoms with van der Waals surface area (Å²) in [7, 11) is 1.63. The van der Waals surface area contributed by atoms with Gasteiger partial charge in [-0.15, -0.1) is 0 Å². The molecule has 1 unspecified atom stereocenters. The quantitative estimate of drug-likeness (QED) is 0.382. The summed E-state index contributed by atoms with van der Waals surface area (Å²) in [6, 6.07) is 0. The number of carbonyl (C=O) groups excluding carboxylic acids is 1. The first-order chi connectivity index (χ1) is 7.96. The minimum absolute atomic E-state index is 0.130. The molecule has 0 saturated carbocycles. The van der Waals surface area contributed by atoms with Crippen molar-refractivity contribution in [2.75, 3.05) is 7.11 Å². The molecule has 0 bridgehead atoms. The van der Waals surface area contributed by atoms with E-state index in [1.54, 1.807) is 13.2 Å². The van der Waals surface area contributed by atoms with Crippen LogP contribution in [-0.2, 0) is 9.53 Å². The second kappa shape index (κ2) is 7.80. The standard InChI is InChI=1S/C15H22O2/c1-7-13(10-16)8-14(17-6)9-15(11(2)3)12(4)5/h7-8,10,14H,1-2,9H2,3-6H3/b13-8-. The van der Waals surface area contributed by atoms with Crippen molar-refractivity contribution in [3.8, 4) is 0 Å². The van der Waals surface area contributed by atoms with Crippen molar-refractivity contribution in [3.63, 3.8) is 0 Å². The van der Waals surface area contributed by atoms with Gasteiger partial charge in [0.05, 0.1) is 6.10 Å². The van der Waals surface area contributed by atoms with Gasteiger partial charge in [0.2, 0.25) is 0 Å². The molecule has 0 N–H and O–H groups in total. The lowest BCUT2D eigenvalue weighted by atomic mass is 9.97. The topological polar surface area (TPSA) is 26.3 Å². The zero-order chi connectivity index (χ0) is 13.4. The van der Waals surface area contributed by atoms with Gasteiger partial charge in [0.1, 0.15) is 6.29 Å². The number of ether oxygens (including phenoxy) is 1. The first-order valence-electron chi connectivity index (χ1n) is 5.60. The average molecular weight is 234 g/mol. The van der Waals surface area contributed by atoms with Crippen molar-refractivity contribution in [2.45, 2.75) is 33.3 Å². The summed E-state index contributed by atoms with van der Waals surface area (Å²) in [6.07, 6.45) is 4.68. The summed E-state index contributed by atoms with van der Waals surface area (Å²) in [5.74, 6) is 0. The largest absolute Gasteiger partial charge is 0.377 e. The molecular weight excluding hydrogens is 212 g/mol. The maximum absolute atomic E-state index is 10.7. The lowest BCUT2D eigenvalue weighted by Crippen LogP contribution is -2.10. The molecule has 0 heterocycles. The van der Waals surface area contributed by atoms with Crippen molar-refractivity contribution in [2.24, 2.45) is 0 Å². The Balaban J connectivity index is 5.00. The molecule has 0 aliphatic rings. The van der Waals surface area contributed by atoms with Crippen LogP contribution in [0.5, 0.6) is 0 Å². The van der Waals surface area contributed by atoms with E-state index in [4.69, 9.17) is 4.74 Å². The number of hydrogen-bond donors (Lipinski definition) is 0. The molecule has 2 heteroatoms. The second-order valence-corrected chi connectivity index (χ2v) is 4.23. The molecule has 0 aliphatic heterocycles. The van der Waals surface area contributed by atoms with Gasteiger partial charge in [0.15, 0.2) is 0 Å². The number of carbonyl (C=O) groups is 1. The Morgan fingerprint density at radius 2 is 1.94 bits per heavy atom. The molecule has 0 aromatic carbocycles. The van der Waals surface area contributed by atoms with Crippen molar-refractivity contribution >= 4 is 6.29 Å². The molecule has 17 heavy (non-hydrogen) atoms. The van der Waals surface area contributed by atoms with E-state index in [0.717, 1.165) is 18.3 Å². The SMILES string of the molecule is C=C/C(C=O)=C/C(CC(C(=C)C)=C(C)C)OC. The van der Waals surface area contributed by atoms with Gasteiger partial charge in [0, 0.05) is 19.1 Å². The molecule has 0 spiro atoms. The Kier molecular flexibility index (Phi) is 7.15. The molecule has 0 aromatic heterocycles. The van der Waals surface area contributed by atoms with Crippen LogP contribution in [0.15, 0.2) is 47.6 Å². The van der Waals surface area contributed by atoms with Gasteiger partial charge < -0.3 is 4.74 Å². The molecule has 0 aliphatic carbocycles. The van der Waals surface area contributed by atoms with Crippen LogP contribution < -0.4 is 0 Å². The van der Waals surface area contributed by atoms with Crippen LogP contribution in [0, 0.1) is 0 Å². The molecule has 2 nitrogen and oxygen atoms in total. The first kappa shape index (κ1) is 15.6. The summed E-state index contributed by atoms with van der Waals surface area (Å²) < 4.78 is 5.36. The van der Waals surface area contributed by atoms with Crippen LogP contribution >= 0.6 is 0 Å². The highest BCUT2D eigenvalue weighted by Crippen LogP contribution is 2.21. The number of aldehydes is 1. The molecular formula is C15H22O2. The van der Waals surface area contributed by atoms with Gasteiger partial charge in [-0.3, -0.25) is 4.79 Å². The van der Waals surface area contributed by atoms with E-state index in [1.807, 2.05) is 6.92 Å². The molecule has 0 aromatic rings. The van der Waals surface area contributed by atoms with E-state index < -0.39 is 0 Å². The Morgan fingerprint density at radius 1 is 1.35 bits per heavy atom. The molecule has 0 rings (SSSR count). The normalized spacial score (nSPS) is 12.8. The predicted molar refractivity (Wildman–Crippen MR) is 72.9 cm³/mol. The van der Waals surface area contributed by atoms with Crippen LogP contribution in [-0.4, -0.2) is 19.5 Å². The maximum atomic E-state index is 10.7. The molecule has 0 fully saturated rings. The Bertz CT molecular complexity index is 345. The molecule has 0 saturated heterocycles. The van der Waals surface area contributed by atoms with Gasteiger partial charge >= 0.3 is 0 Å². The Hall–Kier alpha value is -1.41. The summed E-state index contributed by atoms with van der Waals surface area (Å²) in [5.41, 5.74) is 3.99. The lowest BCUT2D eigenvalue weighted by molar-refractivity contribution is -0.104. The molecule has 0 radical (unpaired) electrons. The highest BCUT2D eigenvalue weighted by molar-refractivity contribution is 5.77. The molecule has 1 atom stereocenters. The van der Waals surface area contributed by atoms with Crippen molar-refractivity contribution in [1.29, 1.82) is 0 Å². The minimum atomic E-state index is -0.130. The zero-order valence-corrected chi connectivity index (χ0v) is 11.2. The summed E-state index contributed by atoms with van der Waals surface area (Å²) in [6.45, 7) is 13.6. The van der Waals surface area contributed by atoms with E-state index in [1.165, 1.54) is 17.2 Å². The third-order valence-corrected chi connectivity index (χ3v) is 2.58. The van der Waals surface area contributed by atoms with Crippen LogP contribution in [0.3, 0.4) is 0 Å². The van der Waals surface area contributed by atoms with E-state index >= 15 is 0 Å². The van der Waals surface area contributed by atoms with Gasteiger partial charge in [0.25, 0.3) is 0 Å². The Labute approximate surface area is 104 Å². The minimum Gasteiger partial charge on any atom is -0.377 e. The fraction of sp³-hybridized carbons (Fsp3) is 0.400.